The van der Waals surface area contributed by atoms with E-state index in [9.17, 15) is 0 Å². The monoisotopic (exact) mass is 276 g/mol. The average molecular weight is 276 g/mol. The highest BCUT2D eigenvalue weighted by atomic mass is 16.5. The molecule has 2 aliphatic rings. The van der Waals surface area contributed by atoms with Crippen molar-refractivity contribution in [1.82, 2.24) is 0 Å². The van der Waals surface area contributed by atoms with Gasteiger partial charge in [-0.1, -0.05) is 0 Å². The maximum atomic E-state index is 5.96. The SMILES string of the molecule is CC(C)Oc1cc(N)cc(NC2CCOC2C2CC2)c1. The van der Waals surface area contributed by atoms with Crippen LogP contribution in [-0.2, 0) is 4.74 Å². The molecule has 3 rings (SSSR count). The Bertz CT molecular complexity index is 472. The van der Waals surface area contributed by atoms with Crippen molar-refractivity contribution in [1.29, 1.82) is 0 Å². The van der Waals surface area contributed by atoms with Crippen molar-refractivity contribution in [3.05, 3.63) is 18.2 Å². The van der Waals surface area contributed by atoms with Gasteiger partial charge in [-0.25, -0.2) is 0 Å². The minimum absolute atomic E-state index is 0.152. The van der Waals surface area contributed by atoms with Crippen LogP contribution in [0.2, 0.25) is 0 Å². The van der Waals surface area contributed by atoms with E-state index in [4.69, 9.17) is 15.2 Å². The van der Waals surface area contributed by atoms with Crippen LogP contribution in [0.4, 0.5) is 11.4 Å². The highest BCUT2D eigenvalue weighted by molar-refractivity contribution is 5.59. The van der Waals surface area contributed by atoms with Crippen molar-refractivity contribution in [2.24, 2.45) is 5.92 Å². The Morgan fingerprint density at radius 3 is 2.75 bits per heavy atom. The molecule has 3 N–H and O–H groups in total. The first kappa shape index (κ1) is 13.6. The van der Waals surface area contributed by atoms with Crippen LogP contribution in [0.5, 0.6) is 5.75 Å². The summed E-state index contributed by atoms with van der Waals surface area (Å²) in [6, 6.07) is 6.26. The molecular weight excluding hydrogens is 252 g/mol. The fraction of sp³-hybridized carbons (Fsp3) is 0.625. The zero-order valence-electron chi connectivity index (χ0n) is 12.3. The maximum Gasteiger partial charge on any atom is 0.123 e. The molecule has 0 radical (unpaired) electrons. The number of hydrogen-bond acceptors (Lipinski definition) is 4. The number of hydrogen-bond donors (Lipinski definition) is 2. The standard InChI is InChI=1S/C16H24N2O2/c1-10(2)20-14-8-12(17)7-13(9-14)18-15-5-6-19-16(15)11-3-4-11/h7-11,15-16,18H,3-6,17H2,1-2H3. The summed E-state index contributed by atoms with van der Waals surface area (Å²) in [6.45, 7) is 4.89. The minimum Gasteiger partial charge on any atom is -0.491 e. The summed E-state index contributed by atoms with van der Waals surface area (Å²) in [7, 11) is 0. The zero-order chi connectivity index (χ0) is 14.1. The molecule has 0 spiro atoms. The lowest BCUT2D eigenvalue weighted by Crippen LogP contribution is -2.30. The Hall–Kier alpha value is -1.42. The lowest BCUT2D eigenvalue weighted by Gasteiger charge is -2.21. The third-order valence-corrected chi connectivity index (χ3v) is 3.88. The van der Waals surface area contributed by atoms with Gasteiger partial charge in [0.15, 0.2) is 0 Å². The van der Waals surface area contributed by atoms with Gasteiger partial charge >= 0.3 is 0 Å². The Balaban J connectivity index is 1.71. The highest BCUT2D eigenvalue weighted by Gasteiger charge is 2.40. The van der Waals surface area contributed by atoms with Gasteiger partial charge in [0.25, 0.3) is 0 Å². The predicted octanol–water partition coefficient (Wildman–Crippen LogP) is 3.04. The Kier molecular flexibility index (Phi) is 3.74. The summed E-state index contributed by atoms with van der Waals surface area (Å²) < 4.78 is 11.6. The molecule has 1 aliphatic heterocycles. The molecule has 4 heteroatoms. The third-order valence-electron chi connectivity index (χ3n) is 3.88. The molecule has 1 aliphatic carbocycles. The summed E-state index contributed by atoms with van der Waals surface area (Å²) >= 11 is 0. The highest BCUT2D eigenvalue weighted by Crippen LogP contribution is 2.40. The van der Waals surface area contributed by atoms with E-state index in [0.717, 1.165) is 36.1 Å². The normalized spacial score (nSPS) is 25.9. The molecule has 1 saturated heterocycles. The van der Waals surface area contributed by atoms with Crippen molar-refractivity contribution in [2.75, 3.05) is 17.7 Å². The second-order valence-corrected chi connectivity index (χ2v) is 6.17. The molecule has 1 aromatic rings. The molecule has 2 fully saturated rings. The second kappa shape index (κ2) is 5.52. The van der Waals surface area contributed by atoms with Crippen molar-refractivity contribution < 1.29 is 9.47 Å². The van der Waals surface area contributed by atoms with Gasteiger partial charge in [0.2, 0.25) is 0 Å². The number of nitrogens with two attached hydrogens (primary N) is 1. The second-order valence-electron chi connectivity index (χ2n) is 6.17. The third kappa shape index (κ3) is 3.18. The zero-order valence-corrected chi connectivity index (χ0v) is 12.3. The predicted molar refractivity (Wildman–Crippen MR) is 81.1 cm³/mol. The molecule has 4 nitrogen and oxygen atoms in total. The molecule has 0 aromatic heterocycles. The average Bonchev–Trinajstić information content (AvgIpc) is 3.09. The molecule has 1 heterocycles. The van der Waals surface area contributed by atoms with Crippen LogP contribution in [-0.4, -0.2) is 24.9 Å². The molecule has 1 saturated carbocycles. The van der Waals surface area contributed by atoms with Crippen LogP contribution in [0.15, 0.2) is 18.2 Å². The van der Waals surface area contributed by atoms with E-state index in [2.05, 4.69) is 5.32 Å². The van der Waals surface area contributed by atoms with E-state index < -0.39 is 0 Å². The van der Waals surface area contributed by atoms with Gasteiger partial charge < -0.3 is 20.5 Å². The number of anilines is 2. The molecular formula is C16H24N2O2. The van der Waals surface area contributed by atoms with E-state index in [1.54, 1.807) is 0 Å². The smallest absolute Gasteiger partial charge is 0.123 e. The first-order valence-corrected chi connectivity index (χ1v) is 7.57. The van der Waals surface area contributed by atoms with Crippen LogP contribution in [0.3, 0.4) is 0 Å². The van der Waals surface area contributed by atoms with Crippen LogP contribution < -0.4 is 15.8 Å². The Labute approximate surface area is 120 Å². The van der Waals surface area contributed by atoms with E-state index in [1.165, 1.54) is 12.8 Å². The van der Waals surface area contributed by atoms with Gasteiger partial charge in [-0.05, 0) is 45.1 Å². The molecule has 110 valence electrons. The van der Waals surface area contributed by atoms with E-state index in [-0.39, 0.29) is 6.10 Å². The van der Waals surface area contributed by atoms with Crippen molar-refractivity contribution in [3.63, 3.8) is 0 Å². The summed E-state index contributed by atoms with van der Waals surface area (Å²) in [5, 5.41) is 3.58. The van der Waals surface area contributed by atoms with Gasteiger partial charge in [-0.15, -0.1) is 0 Å². The summed E-state index contributed by atoms with van der Waals surface area (Å²) in [6.07, 6.45) is 4.20. The molecule has 20 heavy (non-hydrogen) atoms. The van der Waals surface area contributed by atoms with Gasteiger partial charge in [-0.2, -0.15) is 0 Å². The number of benzene rings is 1. The van der Waals surface area contributed by atoms with E-state index in [1.807, 2.05) is 32.0 Å². The lowest BCUT2D eigenvalue weighted by molar-refractivity contribution is 0.0898. The van der Waals surface area contributed by atoms with Crippen LogP contribution in [0.25, 0.3) is 0 Å². The van der Waals surface area contributed by atoms with E-state index in [0.29, 0.717) is 12.1 Å². The van der Waals surface area contributed by atoms with Crippen molar-refractivity contribution >= 4 is 11.4 Å². The molecule has 1 aromatic carbocycles. The maximum absolute atomic E-state index is 5.96. The van der Waals surface area contributed by atoms with Crippen molar-refractivity contribution in [2.45, 2.75) is 51.4 Å². The first-order valence-electron chi connectivity index (χ1n) is 7.57. The quantitative estimate of drug-likeness (QED) is 0.812. The lowest BCUT2D eigenvalue weighted by atomic mass is 10.1. The Morgan fingerprint density at radius 2 is 2.05 bits per heavy atom. The topological polar surface area (TPSA) is 56.5 Å². The molecule has 2 unspecified atom stereocenters. The summed E-state index contributed by atoms with van der Waals surface area (Å²) in [5.41, 5.74) is 7.72. The van der Waals surface area contributed by atoms with Crippen molar-refractivity contribution in [3.8, 4) is 5.75 Å². The Morgan fingerprint density at radius 1 is 1.25 bits per heavy atom. The fourth-order valence-corrected chi connectivity index (χ4v) is 2.91. The van der Waals surface area contributed by atoms with Crippen LogP contribution in [0, 0.1) is 5.92 Å². The summed E-state index contributed by atoms with van der Waals surface area (Å²) in [4.78, 5) is 0. The molecule has 0 amide bonds. The van der Waals surface area contributed by atoms with Gasteiger partial charge in [-0.3, -0.25) is 0 Å². The van der Waals surface area contributed by atoms with Gasteiger partial charge in [0.05, 0.1) is 18.2 Å². The molecule has 0 bridgehead atoms. The first-order chi connectivity index (χ1) is 9.61. The van der Waals surface area contributed by atoms with Crippen LogP contribution in [0.1, 0.15) is 33.1 Å². The number of rotatable bonds is 5. The number of nitrogen functional groups attached to an aromatic ring is 1. The fourth-order valence-electron chi connectivity index (χ4n) is 2.91. The van der Waals surface area contributed by atoms with Gasteiger partial charge in [0.1, 0.15) is 5.75 Å². The molecule has 2 atom stereocenters. The number of ether oxygens (including phenoxy) is 2. The van der Waals surface area contributed by atoms with Gasteiger partial charge in [0, 0.05) is 30.1 Å². The van der Waals surface area contributed by atoms with Crippen LogP contribution >= 0.6 is 0 Å². The summed E-state index contributed by atoms with van der Waals surface area (Å²) in [5.74, 6) is 1.58. The largest absolute Gasteiger partial charge is 0.491 e. The van der Waals surface area contributed by atoms with E-state index >= 15 is 0 Å². The minimum atomic E-state index is 0.152. The number of nitrogens with one attached hydrogen (secondary N) is 1.